The van der Waals surface area contributed by atoms with E-state index < -0.39 is 5.97 Å². The summed E-state index contributed by atoms with van der Waals surface area (Å²) in [4.78, 5) is 25.0. The zero-order valence-electron chi connectivity index (χ0n) is 11.9. The number of nitrogens with zero attached hydrogens (tertiary/aromatic N) is 1. The molecule has 0 radical (unpaired) electrons. The van der Waals surface area contributed by atoms with Crippen molar-refractivity contribution >= 4 is 33.6 Å². The number of anilines is 1. The van der Waals surface area contributed by atoms with Gasteiger partial charge in [-0.25, -0.2) is 4.79 Å². The molecular formula is C15H19BrN2O3. The highest BCUT2D eigenvalue weighted by Gasteiger charge is 2.28. The van der Waals surface area contributed by atoms with Gasteiger partial charge >= 0.3 is 12.0 Å². The number of aliphatic carboxylic acids is 1. The number of nitrogens with one attached hydrogen (secondary N) is 1. The first kappa shape index (κ1) is 15.8. The maximum atomic E-state index is 12.4. The van der Waals surface area contributed by atoms with Crippen molar-refractivity contribution in [3.8, 4) is 0 Å². The van der Waals surface area contributed by atoms with Gasteiger partial charge in [0.05, 0.1) is 6.42 Å². The summed E-state index contributed by atoms with van der Waals surface area (Å²) < 4.78 is 0.901. The second-order valence-corrected chi connectivity index (χ2v) is 6.30. The van der Waals surface area contributed by atoms with Crippen molar-refractivity contribution in [1.82, 2.24) is 4.90 Å². The number of urea groups is 1. The van der Waals surface area contributed by atoms with Crippen molar-refractivity contribution in [2.24, 2.45) is 0 Å². The van der Waals surface area contributed by atoms with Crippen LogP contribution in [0.1, 0.15) is 31.2 Å². The number of aryl methyl sites for hydroxylation is 1. The molecular weight excluding hydrogens is 336 g/mol. The molecule has 1 aliphatic rings. The van der Waals surface area contributed by atoms with Gasteiger partial charge in [-0.1, -0.05) is 15.9 Å². The quantitative estimate of drug-likeness (QED) is 0.870. The zero-order chi connectivity index (χ0) is 15.4. The van der Waals surface area contributed by atoms with Crippen LogP contribution in [0.3, 0.4) is 0 Å². The first-order valence-electron chi connectivity index (χ1n) is 7.02. The van der Waals surface area contributed by atoms with Crippen LogP contribution in [0.2, 0.25) is 0 Å². The van der Waals surface area contributed by atoms with Gasteiger partial charge in [0.2, 0.25) is 0 Å². The van der Waals surface area contributed by atoms with Gasteiger partial charge in [0.15, 0.2) is 0 Å². The minimum Gasteiger partial charge on any atom is -0.481 e. The molecule has 1 aliphatic heterocycles. The third-order valence-electron chi connectivity index (χ3n) is 3.59. The van der Waals surface area contributed by atoms with Gasteiger partial charge in [-0.2, -0.15) is 0 Å². The van der Waals surface area contributed by atoms with Crippen molar-refractivity contribution in [3.05, 3.63) is 28.2 Å². The van der Waals surface area contributed by atoms with Crippen molar-refractivity contribution in [1.29, 1.82) is 0 Å². The van der Waals surface area contributed by atoms with E-state index in [2.05, 4.69) is 21.2 Å². The molecule has 0 aliphatic carbocycles. The Hall–Kier alpha value is -1.56. The average molecular weight is 355 g/mol. The van der Waals surface area contributed by atoms with E-state index in [4.69, 9.17) is 5.11 Å². The van der Waals surface area contributed by atoms with Gasteiger partial charge < -0.3 is 15.3 Å². The molecule has 2 N–H and O–H groups in total. The second kappa shape index (κ2) is 6.93. The minimum absolute atomic E-state index is 0.00489. The van der Waals surface area contributed by atoms with Crippen molar-refractivity contribution < 1.29 is 14.7 Å². The van der Waals surface area contributed by atoms with Crippen LogP contribution in [0, 0.1) is 6.92 Å². The highest BCUT2D eigenvalue weighted by Crippen LogP contribution is 2.23. The molecule has 2 rings (SSSR count). The molecule has 1 aromatic carbocycles. The molecule has 1 aromatic rings. The fourth-order valence-electron chi connectivity index (χ4n) is 2.69. The van der Waals surface area contributed by atoms with Crippen molar-refractivity contribution in [2.45, 2.75) is 38.6 Å². The summed E-state index contributed by atoms with van der Waals surface area (Å²) in [5.41, 5.74) is 1.76. The maximum Gasteiger partial charge on any atom is 0.322 e. The summed E-state index contributed by atoms with van der Waals surface area (Å²) in [5.74, 6) is -0.863. The Morgan fingerprint density at radius 2 is 2.14 bits per heavy atom. The SMILES string of the molecule is Cc1cc(Br)cc(NC(=O)N2CCCCC2CC(=O)O)c1. The third-order valence-corrected chi connectivity index (χ3v) is 4.05. The summed E-state index contributed by atoms with van der Waals surface area (Å²) in [7, 11) is 0. The third kappa shape index (κ3) is 4.46. The number of carboxylic acids is 1. The Morgan fingerprint density at radius 3 is 2.81 bits per heavy atom. The number of hydrogen-bond acceptors (Lipinski definition) is 2. The molecule has 1 atom stereocenters. The van der Waals surface area contributed by atoms with Gasteiger partial charge in [0.1, 0.15) is 0 Å². The lowest BCUT2D eigenvalue weighted by Crippen LogP contribution is -2.46. The lowest BCUT2D eigenvalue weighted by Gasteiger charge is -2.34. The van der Waals surface area contributed by atoms with Gasteiger partial charge in [-0.15, -0.1) is 0 Å². The molecule has 1 heterocycles. The highest BCUT2D eigenvalue weighted by atomic mass is 79.9. The number of carbonyl (C=O) groups excluding carboxylic acids is 1. The molecule has 0 saturated carbocycles. The predicted molar refractivity (Wildman–Crippen MR) is 84.5 cm³/mol. The van der Waals surface area contributed by atoms with Crippen molar-refractivity contribution in [2.75, 3.05) is 11.9 Å². The van der Waals surface area contributed by atoms with Gasteiger partial charge in [-0.05, 0) is 49.9 Å². The molecule has 0 bridgehead atoms. The Bertz CT molecular complexity index is 527. The van der Waals surface area contributed by atoms with Crippen LogP contribution in [0.15, 0.2) is 22.7 Å². The molecule has 114 valence electrons. The topological polar surface area (TPSA) is 69.6 Å². The number of piperidine rings is 1. The number of benzene rings is 1. The van der Waals surface area contributed by atoms with Crippen LogP contribution < -0.4 is 5.32 Å². The number of carboxylic acid groups (broad SMARTS) is 1. The first-order valence-corrected chi connectivity index (χ1v) is 7.81. The van der Waals surface area contributed by atoms with Crippen LogP contribution in [0.25, 0.3) is 0 Å². The first-order chi connectivity index (χ1) is 9.95. The minimum atomic E-state index is -0.863. The Kier molecular flexibility index (Phi) is 5.22. The van der Waals surface area contributed by atoms with Crippen LogP contribution >= 0.6 is 15.9 Å². The Balaban J connectivity index is 2.08. The molecule has 0 spiro atoms. The normalized spacial score (nSPS) is 18.4. The number of halogens is 1. The van der Waals surface area contributed by atoms with E-state index in [9.17, 15) is 9.59 Å². The average Bonchev–Trinajstić information content (AvgIpc) is 2.37. The lowest BCUT2D eigenvalue weighted by atomic mass is 10.00. The molecule has 21 heavy (non-hydrogen) atoms. The van der Waals surface area contributed by atoms with E-state index >= 15 is 0 Å². The summed E-state index contributed by atoms with van der Waals surface area (Å²) in [6.45, 7) is 2.56. The molecule has 1 unspecified atom stereocenters. The fourth-order valence-corrected chi connectivity index (χ4v) is 3.29. The number of hydrogen-bond donors (Lipinski definition) is 2. The van der Waals surface area contributed by atoms with E-state index in [-0.39, 0.29) is 18.5 Å². The summed E-state index contributed by atoms with van der Waals surface area (Å²) in [5, 5.41) is 11.8. The second-order valence-electron chi connectivity index (χ2n) is 5.39. The standard InChI is InChI=1S/C15H19BrN2O3/c1-10-6-11(16)8-12(7-10)17-15(21)18-5-3-2-4-13(18)9-14(19)20/h6-8,13H,2-5,9H2,1H3,(H,17,21)(H,19,20). The molecule has 6 heteroatoms. The van der Waals surface area contributed by atoms with Gasteiger partial charge in [0.25, 0.3) is 0 Å². The summed E-state index contributed by atoms with van der Waals surface area (Å²) in [6.07, 6.45) is 2.64. The van der Waals surface area contributed by atoms with Gasteiger partial charge in [0, 0.05) is 22.7 Å². The molecule has 2 amide bonds. The smallest absolute Gasteiger partial charge is 0.322 e. The summed E-state index contributed by atoms with van der Waals surface area (Å²) in [6, 6.07) is 5.24. The summed E-state index contributed by atoms with van der Waals surface area (Å²) >= 11 is 3.40. The van der Waals surface area contributed by atoms with Gasteiger partial charge in [-0.3, -0.25) is 4.79 Å². The van der Waals surface area contributed by atoms with E-state index in [1.807, 2.05) is 25.1 Å². The van der Waals surface area contributed by atoms with Crippen LogP contribution in [-0.4, -0.2) is 34.6 Å². The number of rotatable bonds is 3. The maximum absolute atomic E-state index is 12.4. The van der Waals surface area contributed by atoms with Crippen LogP contribution in [0.5, 0.6) is 0 Å². The largest absolute Gasteiger partial charge is 0.481 e. The zero-order valence-corrected chi connectivity index (χ0v) is 13.5. The number of amides is 2. The monoisotopic (exact) mass is 354 g/mol. The van der Waals surface area contributed by atoms with E-state index in [0.29, 0.717) is 12.2 Å². The molecule has 1 fully saturated rings. The van der Waals surface area contributed by atoms with Crippen molar-refractivity contribution in [3.63, 3.8) is 0 Å². The number of carbonyl (C=O) groups is 2. The predicted octanol–water partition coefficient (Wildman–Crippen LogP) is 3.62. The van der Waals surface area contributed by atoms with E-state index in [0.717, 1.165) is 29.3 Å². The molecule has 5 nitrogen and oxygen atoms in total. The van der Waals surface area contributed by atoms with E-state index in [1.165, 1.54) is 0 Å². The van der Waals surface area contributed by atoms with E-state index in [1.54, 1.807) is 4.90 Å². The number of likely N-dealkylation sites (tertiary alicyclic amines) is 1. The fraction of sp³-hybridized carbons (Fsp3) is 0.467. The van der Waals surface area contributed by atoms with Crippen LogP contribution in [-0.2, 0) is 4.79 Å². The molecule has 1 saturated heterocycles. The highest BCUT2D eigenvalue weighted by molar-refractivity contribution is 9.10. The Morgan fingerprint density at radius 1 is 1.38 bits per heavy atom. The molecule has 0 aromatic heterocycles. The Labute approximate surface area is 132 Å². The lowest BCUT2D eigenvalue weighted by molar-refractivity contribution is -0.138. The van der Waals surface area contributed by atoms with Crippen LogP contribution in [0.4, 0.5) is 10.5 Å².